The van der Waals surface area contributed by atoms with Crippen molar-refractivity contribution in [1.29, 1.82) is 0 Å². The Bertz CT molecular complexity index is 331. The molecule has 0 amide bonds. The lowest BCUT2D eigenvalue weighted by molar-refractivity contribution is 0.224. The van der Waals surface area contributed by atoms with Crippen LogP contribution in [-0.4, -0.2) is 0 Å². The van der Waals surface area contributed by atoms with Crippen molar-refractivity contribution in [2.45, 2.75) is 51.5 Å². The second-order valence-corrected chi connectivity index (χ2v) is 5.88. The van der Waals surface area contributed by atoms with Crippen LogP contribution in [0.4, 0.5) is 0 Å². The largest absolute Gasteiger partial charge is 0.321 e. The molecule has 0 aromatic carbocycles. The van der Waals surface area contributed by atoms with Crippen LogP contribution in [0.25, 0.3) is 0 Å². The van der Waals surface area contributed by atoms with E-state index in [9.17, 15) is 0 Å². The molecule has 0 spiro atoms. The second kappa shape index (κ2) is 4.26. The van der Waals surface area contributed by atoms with Gasteiger partial charge in [-0.15, -0.1) is 11.3 Å². The smallest absolute Gasteiger partial charge is 0.0509 e. The van der Waals surface area contributed by atoms with E-state index in [2.05, 4.69) is 25.3 Å². The summed E-state index contributed by atoms with van der Waals surface area (Å²) in [5, 5.41) is 2.18. The molecule has 15 heavy (non-hydrogen) atoms. The van der Waals surface area contributed by atoms with Gasteiger partial charge in [0.15, 0.2) is 0 Å². The summed E-state index contributed by atoms with van der Waals surface area (Å²) in [4.78, 5) is 1.43. The molecular weight excluding hydrogens is 202 g/mol. The van der Waals surface area contributed by atoms with Gasteiger partial charge in [0, 0.05) is 4.88 Å². The van der Waals surface area contributed by atoms with E-state index in [-0.39, 0.29) is 5.54 Å². The summed E-state index contributed by atoms with van der Waals surface area (Å²) < 4.78 is 0. The fraction of sp³-hybridized carbons (Fsp3) is 0.692. The van der Waals surface area contributed by atoms with Gasteiger partial charge in [-0.05, 0) is 42.7 Å². The molecule has 2 N–H and O–H groups in total. The number of thiophene rings is 1. The standard InChI is InChI=1S/C13H21NS/c1-3-11-5-4-7-13(14,9-11)12-10(2)6-8-15-12/h6,8,11H,3-5,7,9,14H2,1-2H3. The zero-order valence-corrected chi connectivity index (χ0v) is 10.6. The van der Waals surface area contributed by atoms with Crippen LogP contribution >= 0.6 is 11.3 Å². The molecule has 0 radical (unpaired) electrons. The highest BCUT2D eigenvalue weighted by atomic mass is 32.1. The lowest BCUT2D eigenvalue weighted by Crippen LogP contribution is -2.41. The van der Waals surface area contributed by atoms with Crippen molar-refractivity contribution < 1.29 is 0 Å². The number of aryl methyl sites for hydroxylation is 1. The Morgan fingerprint density at radius 2 is 2.40 bits per heavy atom. The summed E-state index contributed by atoms with van der Waals surface area (Å²) in [6, 6.07) is 2.20. The molecule has 1 aromatic heterocycles. The third kappa shape index (κ3) is 2.11. The quantitative estimate of drug-likeness (QED) is 0.810. The SMILES string of the molecule is CCC1CCCC(N)(c2sccc2C)C1. The summed E-state index contributed by atoms with van der Waals surface area (Å²) in [5.74, 6) is 0.838. The fourth-order valence-corrected chi connectivity index (χ4v) is 3.95. The third-order valence-electron chi connectivity index (χ3n) is 3.78. The van der Waals surface area contributed by atoms with Gasteiger partial charge in [0.05, 0.1) is 5.54 Å². The zero-order valence-electron chi connectivity index (χ0n) is 9.75. The predicted octanol–water partition coefficient (Wildman–Crippen LogP) is 3.81. The topological polar surface area (TPSA) is 26.0 Å². The van der Waals surface area contributed by atoms with Crippen LogP contribution in [0.5, 0.6) is 0 Å². The minimum absolute atomic E-state index is 0.0167. The Hall–Kier alpha value is -0.340. The van der Waals surface area contributed by atoms with Crippen molar-refractivity contribution in [1.82, 2.24) is 0 Å². The van der Waals surface area contributed by atoms with E-state index in [0.29, 0.717) is 0 Å². The average Bonchev–Trinajstić information content (AvgIpc) is 2.65. The Balaban J connectivity index is 2.22. The van der Waals surface area contributed by atoms with Gasteiger partial charge in [0.25, 0.3) is 0 Å². The van der Waals surface area contributed by atoms with Gasteiger partial charge >= 0.3 is 0 Å². The van der Waals surface area contributed by atoms with Crippen LogP contribution in [0, 0.1) is 12.8 Å². The molecule has 2 rings (SSSR count). The molecule has 2 atom stereocenters. The first-order chi connectivity index (χ1) is 7.15. The first kappa shape index (κ1) is 11.2. The molecule has 1 aliphatic carbocycles. The highest BCUT2D eigenvalue weighted by Crippen LogP contribution is 2.42. The van der Waals surface area contributed by atoms with Crippen molar-refractivity contribution in [3.63, 3.8) is 0 Å². The normalized spacial score (nSPS) is 31.8. The van der Waals surface area contributed by atoms with Gasteiger partial charge in [-0.1, -0.05) is 26.2 Å². The van der Waals surface area contributed by atoms with Crippen molar-refractivity contribution >= 4 is 11.3 Å². The van der Waals surface area contributed by atoms with Crippen molar-refractivity contribution in [3.05, 3.63) is 21.9 Å². The maximum Gasteiger partial charge on any atom is 0.0509 e. The van der Waals surface area contributed by atoms with Crippen LogP contribution < -0.4 is 5.73 Å². The lowest BCUT2D eigenvalue weighted by atomic mass is 9.74. The summed E-state index contributed by atoms with van der Waals surface area (Å²) in [6.45, 7) is 4.48. The monoisotopic (exact) mass is 223 g/mol. The van der Waals surface area contributed by atoms with E-state index in [4.69, 9.17) is 5.73 Å². The predicted molar refractivity (Wildman–Crippen MR) is 67.2 cm³/mol. The van der Waals surface area contributed by atoms with Gasteiger partial charge < -0.3 is 5.73 Å². The highest BCUT2D eigenvalue weighted by molar-refractivity contribution is 7.10. The molecule has 1 aliphatic rings. The van der Waals surface area contributed by atoms with E-state index in [1.165, 1.54) is 42.5 Å². The molecule has 84 valence electrons. The highest BCUT2D eigenvalue weighted by Gasteiger charge is 2.35. The maximum atomic E-state index is 6.60. The molecule has 1 saturated carbocycles. The molecule has 2 unspecified atom stereocenters. The first-order valence-corrected chi connectivity index (χ1v) is 6.87. The Morgan fingerprint density at radius 1 is 1.60 bits per heavy atom. The first-order valence-electron chi connectivity index (χ1n) is 5.99. The summed E-state index contributed by atoms with van der Waals surface area (Å²) in [6.07, 6.45) is 6.31. The molecular formula is C13H21NS. The van der Waals surface area contributed by atoms with Crippen LogP contribution in [0.2, 0.25) is 0 Å². The molecule has 1 heterocycles. The summed E-state index contributed by atoms with van der Waals surface area (Å²) in [7, 11) is 0. The zero-order chi connectivity index (χ0) is 10.9. The Morgan fingerprint density at radius 3 is 3.00 bits per heavy atom. The van der Waals surface area contributed by atoms with Crippen LogP contribution in [-0.2, 0) is 5.54 Å². The van der Waals surface area contributed by atoms with Gasteiger partial charge in [-0.25, -0.2) is 0 Å². The molecule has 2 heteroatoms. The molecule has 0 aliphatic heterocycles. The molecule has 1 aromatic rings. The van der Waals surface area contributed by atoms with Gasteiger partial charge in [-0.3, -0.25) is 0 Å². The molecule has 1 nitrogen and oxygen atoms in total. The van der Waals surface area contributed by atoms with Crippen molar-refractivity contribution in [2.75, 3.05) is 0 Å². The molecule has 0 saturated heterocycles. The van der Waals surface area contributed by atoms with Crippen LogP contribution in [0.3, 0.4) is 0 Å². The van der Waals surface area contributed by atoms with Gasteiger partial charge in [0.1, 0.15) is 0 Å². The number of hydrogen-bond acceptors (Lipinski definition) is 2. The Labute approximate surface area is 96.7 Å². The molecule has 0 bridgehead atoms. The van der Waals surface area contributed by atoms with Crippen LogP contribution in [0.1, 0.15) is 49.5 Å². The Kier molecular flexibility index (Phi) is 3.17. The van der Waals surface area contributed by atoms with Crippen LogP contribution in [0.15, 0.2) is 11.4 Å². The third-order valence-corrected chi connectivity index (χ3v) is 5.02. The lowest BCUT2D eigenvalue weighted by Gasteiger charge is -2.37. The minimum Gasteiger partial charge on any atom is -0.321 e. The van der Waals surface area contributed by atoms with E-state index >= 15 is 0 Å². The van der Waals surface area contributed by atoms with E-state index in [1.807, 2.05) is 11.3 Å². The number of hydrogen-bond donors (Lipinski definition) is 1. The minimum atomic E-state index is -0.0167. The average molecular weight is 223 g/mol. The van der Waals surface area contributed by atoms with E-state index in [1.54, 1.807) is 0 Å². The van der Waals surface area contributed by atoms with Crippen molar-refractivity contribution in [2.24, 2.45) is 11.7 Å². The van der Waals surface area contributed by atoms with Crippen molar-refractivity contribution in [3.8, 4) is 0 Å². The summed E-state index contributed by atoms with van der Waals surface area (Å²) in [5.41, 5.74) is 7.97. The second-order valence-electron chi connectivity index (χ2n) is 4.96. The van der Waals surface area contributed by atoms with Gasteiger partial charge in [-0.2, -0.15) is 0 Å². The molecule has 1 fully saturated rings. The maximum absolute atomic E-state index is 6.60. The number of nitrogens with two attached hydrogens (primary N) is 1. The van der Waals surface area contributed by atoms with Gasteiger partial charge in [0.2, 0.25) is 0 Å². The number of rotatable bonds is 2. The van der Waals surface area contributed by atoms with E-state index in [0.717, 1.165) is 5.92 Å². The fourth-order valence-electron chi connectivity index (χ4n) is 2.86. The van der Waals surface area contributed by atoms with E-state index < -0.39 is 0 Å². The summed E-state index contributed by atoms with van der Waals surface area (Å²) >= 11 is 1.84.